The van der Waals surface area contributed by atoms with Gasteiger partial charge in [-0.2, -0.15) is 5.10 Å². The van der Waals surface area contributed by atoms with Crippen LogP contribution < -0.4 is 25.2 Å². The van der Waals surface area contributed by atoms with Crippen LogP contribution in [-0.4, -0.2) is 71.5 Å². The predicted octanol–water partition coefficient (Wildman–Crippen LogP) is 5.22. The third-order valence-electron chi connectivity index (χ3n) is 11.9. The number of aromatic nitrogens is 3. The highest BCUT2D eigenvalue weighted by atomic mass is 16.5. The summed E-state index contributed by atoms with van der Waals surface area (Å²) in [6, 6.07) is 10.6. The van der Waals surface area contributed by atoms with Crippen LogP contribution in [0.15, 0.2) is 41.3 Å². The Bertz CT molecular complexity index is 2010. The molecule has 2 aromatic carbocycles. The van der Waals surface area contributed by atoms with Gasteiger partial charge < -0.3 is 18.9 Å². The zero-order valence-electron chi connectivity index (χ0n) is 30.8. The number of benzene rings is 2. The summed E-state index contributed by atoms with van der Waals surface area (Å²) in [5.41, 5.74) is 7.75. The zero-order chi connectivity index (χ0) is 36.0. The predicted molar refractivity (Wildman–Crippen MR) is 198 cm³/mol. The van der Waals surface area contributed by atoms with Crippen molar-refractivity contribution in [2.24, 2.45) is 25.9 Å². The highest BCUT2D eigenvalue weighted by Gasteiger charge is 2.33. The number of piperidine rings is 3. The molecule has 270 valence electrons. The monoisotopic (exact) mass is 694 g/mol. The summed E-state index contributed by atoms with van der Waals surface area (Å²) in [6.45, 7) is 8.80. The molecule has 1 N–H and O–H groups in total. The number of hydrogen-bond donors (Lipinski definition) is 1. The number of pyridine rings is 1. The molecule has 2 aromatic heterocycles. The summed E-state index contributed by atoms with van der Waals surface area (Å²) in [7, 11) is 7.15. The molecule has 11 heteroatoms. The molecule has 3 aliphatic heterocycles. The number of aryl methyl sites for hydroxylation is 2. The molecular formula is C40H50N6O5. The molecule has 0 radical (unpaired) electrons. The lowest BCUT2D eigenvalue weighted by Crippen LogP contribution is -2.40. The van der Waals surface area contributed by atoms with Gasteiger partial charge in [0.05, 0.1) is 36.9 Å². The van der Waals surface area contributed by atoms with E-state index in [0.29, 0.717) is 12.8 Å². The van der Waals surface area contributed by atoms with Gasteiger partial charge in [0.1, 0.15) is 11.5 Å². The van der Waals surface area contributed by atoms with Gasteiger partial charge in [-0.25, -0.2) is 0 Å². The Morgan fingerprint density at radius 1 is 0.843 bits per heavy atom. The standard InChI is InChI=1S/C40H50N6O5/c1-24-25(2)40(49)43(3)22-32(24)28-19-35(50-5)33(36(20-28)51-6)23-45-15-11-26(12-16-45)27-13-17-46(18-14-27)29-7-8-30-34(21-29)44(4)42-38(30)31-9-10-37(47)41-39(31)48/h7-8,19-22,26-27,31H,9-18,23H2,1-6H3,(H,41,47,48). The molecule has 7 rings (SSSR count). The van der Waals surface area contributed by atoms with Gasteiger partial charge >= 0.3 is 0 Å². The molecule has 3 aliphatic rings. The van der Waals surface area contributed by atoms with Crippen molar-refractivity contribution in [3.63, 3.8) is 0 Å². The number of carbonyl (C=O) groups excluding carboxylic acids is 2. The van der Waals surface area contributed by atoms with Gasteiger partial charge in [0.2, 0.25) is 11.8 Å². The van der Waals surface area contributed by atoms with E-state index in [-0.39, 0.29) is 17.4 Å². The Hall–Kier alpha value is -4.64. The Kier molecular flexibility index (Phi) is 9.67. The van der Waals surface area contributed by atoms with E-state index in [0.717, 1.165) is 100 Å². The van der Waals surface area contributed by atoms with Crippen LogP contribution in [0.3, 0.4) is 0 Å². The molecular weight excluding hydrogens is 644 g/mol. The van der Waals surface area contributed by atoms with Gasteiger partial charge in [0.25, 0.3) is 5.56 Å². The van der Waals surface area contributed by atoms with Crippen LogP contribution in [0.1, 0.15) is 66.8 Å². The maximum atomic E-state index is 12.6. The Balaban J connectivity index is 0.970. The number of imide groups is 1. The average Bonchev–Trinajstić information content (AvgIpc) is 3.47. The average molecular weight is 695 g/mol. The smallest absolute Gasteiger partial charge is 0.253 e. The van der Waals surface area contributed by atoms with Crippen LogP contribution in [0.4, 0.5) is 5.69 Å². The molecule has 2 amide bonds. The van der Waals surface area contributed by atoms with Crippen molar-refractivity contribution >= 4 is 28.4 Å². The molecule has 5 heterocycles. The number of ether oxygens (including phenoxy) is 2. The van der Waals surface area contributed by atoms with Crippen molar-refractivity contribution in [2.75, 3.05) is 45.3 Å². The number of nitrogens with zero attached hydrogens (tertiary/aromatic N) is 5. The van der Waals surface area contributed by atoms with Crippen LogP contribution in [-0.2, 0) is 30.2 Å². The van der Waals surface area contributed by atoms with Crippen LogP contribution in [0.2, 0.25) is 0 Å². The number of nitrogens with one attached hydrogen (secondary N) is 1. The number of carbonyl (C=O) groups is 2. The quantitative estimate of drug-likeness (QED) is 0.250. The zero-order valence-corrected chi connectivity index (χ0v) is 30.8. The summed E-state index contributed by atoms with van der Waals surface area (Å²) in [5.74, 6) is 2.21. The molecule has 1 unspecified atom stereocenters. The molecule has 3 saturated heterocycles. The van der Waals surface area contributed by atoms with Gasteiger partial charge in [-0.1, -0.05) is 0 Å². The van der Waals surface area contributed by atoms with E-state index in [1.807, 2.05) is 31.8 Å². The Morgan fingerprint density at radius 3 is 2.12 bits per heavy atom. The first-order valence-corrected chi connectivity index (χ1v) is 18.3. The maximum Gasteiger partial charge on any atom is 0.253 e. The van der Waals surface area contributed by atoms with Gasteiger partial charge in [-0.05, 0) is 112 Å². The summed E-state index contributed by atoms with van der Waals surface area (Å²) in [6.07, 6.45) is 7.49. The first-order valence-electron chi connectivity index (χ1n) is 18.3. The largest absolute Gasteiger partial charge is 0.496 e. The van der Waals surface area contributed by atoms with E-state index in [2.05, 4.69) is 45.4 Å². The minimum atomic E-state index is -0.393. The van der Waals surface area contributed by atoms with Crippen LogP contribution in [0.25, 0.3) is 22.0 Å². The van der Waals surface area contributed by atoms with Crippen LogP contribution in [0, 0.1) is 25.7 Å². The minimum absolute atomic E-state index is 0.0202. The number of hydrogen-bond acceptors (Lipinski definition) is 8. The molecule has 1 atom stereocenters. The third kappa shape index (κ3) is 6.64. The van der Waals surface area contributed by atoms with Gasteiger partial charge in [0.15, 0.2) is 0 Å². The SMILES string of the molecule is COc1cc(-c2cn(C)c(=O)c(C)c2C)cc(OC)c1CN1CCC(C2CCN(c3ccc4c(C5CCC(=O)NC5=O)nn(C)c4c3)CC2)CC1. The van der Waals surface area contributed by atoms with Crippen LogP contribution >= 0.6 is 0 Å². The second kappa shape index (κ2) is 14.2. The molecule has 3 fully saturated rings. The lowest BCUT2D eigenvalue weighted by atomic mass is 9.78. The van der Waals surface area contributed by atoms with Crippen molar-refractivity contribution in [3.05, 3.63) is 69.3 Å². The normalized spacial score (nSPS) is 19.5. The van der Waals surface area contributed by atoms with E-state index in [1.165, 1.54) is 31.4 Å². The lowest BCUT2D eigenvalue weighted by Gasteiger charge is -2.41. The van der Waals surface area contributed by atoms with E-state index in [9.17, 15) is 14.4 Å². The van der Waals surface area contributed by atoms with Gasteiger partial charge in [-0.15, -0.1) is 0 Å². The molecule has 0 aliphatic carbocycles. The summed E-state index contributed by atoms with van der Waals surface area (Å²) in [5, 5.41) is 8.18. The molecule has 0 saturated carbocycles. The fourth-order valence-electron chi connectivity index (χ4n) is 8.68. The molecule has 0 bridgehead atoms. The highest BCUT2D eigenvalue weighted by Crippen LogP contribution is 2.40. The number of anilines is 1. The first-order chi connectivity index (χ1) is 24.6. The van der Waals surface area contributed by atoms with E-state index >= 15 is 0 Å². The number of methoxy groups -OCH3 is 2. The maximum absolute atomic E-state index is 12.6. The van der Waals surface area contributed by atoms with Crippen LogP contribution in [0.5, 0.6) is 11.5 Å². The minimum Gasteiger partial charge on any atom is -0.496 e. The second-order valence-corrected chi connectivity index (χ2v) is 14.7. The topological polar surface area (TPSA) is 111 Å². The first kappa shape index (κ1) is 34.8. The number of fused-ring (bicyclic) bond motifs is 1. The Labute approximate surface area is 299 Å². The van der Waals surface area contributed by atoms with Crippen molar-refractivity contribution in [1.82, 2.24) is 24.6 Å². The second-order valence-electron chi connectivity index (χ2n) is 14.7. The van der Waals surface area contributed by atoms with Crippen molar-refractivity contribution in [3.8, 4) is 22.6 Å². The Morgan fingerprint density at radius 2 is 1.49 bits per heavy atom. The molecule has 4 aromatic rings. The number of rotatable bonds is 8. The molecule has 11 nitrogen and oxygen atoms in total. The molecule has 0 spiro atoms. The molecule has 51 heavy (non-hydrogen) atoms. The highest BCUT2D eigenvalue weighted by molar-refractivity contribution is 6.02. The van der Waals surface area contributed by atoms with Crippen molar-refractivity contribution in [2.45, 2.75) is 64.8 Å². The van der Waals surface area contributed by atoms with E-state index in [1.54, 1.807) is 25.8 Å². The fourth-order valence-corrected chi connectivity index (χ4v) is 8.68. The number of amides is 2. The lowest BCUT2D eigenvalue weighted by molar-refractivity contribution is -0.134. The van der Waals surface area contributed by atoms with Gasteiger partial charge in [0, 0.05) is 68.5 Å². The van der Waals surface area contributed by atoms with Gasteiger partial charge in [-0.3, -0.25) is 29.3 Å². The fraction of sp³-hybridized carbons (Fsp3) is 0.500. The third-order valence-corrected chi connectivity index (χ3v) is 11.9. The van der Waals surface area contributed by atoms with Crippen molar-refractivity contribution < 1.29 is 19.1 Å². The summed E-state index contributed by atoms with van der Waals surface area (Å²) < 4.78 is 15.4. The van der Waals surface area contributed by atoms with E-state index in [4.69, 9.17) is 14.6 Å². The van der Waals surface area contributed by atoms with Crippen molar-refractivity contribution in [1.29, 1.82) is 0 Å². The summed E-state index contributed by atoms with van der Waals surface area (Å²) in [4.78, 5) is 41.8. The number of likely N-dealkylation sites (tertiary alicyclic amines) is 1. The van der Waals surface area contributed by atoms with E-state index < -0.39 is 5.92 Å². The summed E-state index contributed by atoms with van der Waals surface area (Å²) >= 11 is 0.